The van der Waals surface area contributed by atoms with Crippen LogP contribution in [0.5, 0.6) is 0 Å². The van der Waals surface area contributed by atoms with Gasteiger partial charge < -0.3 is 5.32 Å². The summed E-state index contributed by atoms with van der Waals surface area (Å²) in [4.78, 5) is 38.1. The molecule has 0 saturated carbocycles. The minimum atomic E-state index is -0.787. The van der Waals surface area contributed by atoms with Crippen LogP contribution in [0, 0.1) is 17.0 Å². The van der Waals surface area contributed by atoms with Gasteiger partial charge >= 0.3 is 0 Å². The molecule has 10 heteroatoms. The van der Waals surface area contributed by atoms with Crippen LogP contribution >= 0.6 is 0 Å². The molecule has 10 nitrogen and oxygen atoms in total. The van der Waals surface area contributed by atoms with Crippen LogP contribution in [0.25, 0.3) is 0 Å². The maximum absolute atomic E-state index is 12.1. The first-order chi connectivity index (χ1) is 10.9. The minimum absolute atomic E-state index is 0.129. The van der Waals surface area contributed by atoms with Gasteiger partial charge in [-0.05, 0) is 13.0 Å². The summed E-state index contributed by atoms with van der Waals surface area (Å²) in [7, 11) is 0. The van der Waals surface area contributed by atoms with Crippen LogP contribution in [0.2, 0.25) is 0 Å². The molecule has 1 aliphatic rings. The van der Waals surface area contributed by atoms with Gasteiger partial charge in [-0.1, -0.05) is 6.07 Å². The number of nitrogens with zero attached hydrogens (tertiary/aromatic N) is 4. The molecule has 2 amide bonds. The first-order valence-corrected chi connectivity index (χ1v) is 6.72. The molecule has 0 radical (unpaired) electrons. The van der Waals surface area contributed by atoms with Crippen molar-refractivity contribution in [2.24, 2.45) is 0 Å². The van der Waals surface area contributed by atoms with Gasteiger partial charge in [0, 0.05) is 17.8 Å². The van der Waals surface area contributed by atoms with E-state index in [-0.39, 0.29) is 23.7 Å². The van der Waals surface area contributed by atoms with Gasteiger partial charge in [0.25, 0.3) is 11.6 Å². The number of nitrogens with one attached hydrogen (secondary N) is 2. The summed E-state index contributed by atoms with van der Waals surface area (Å²) < 4.78 is 1.37. The Balaban J connectivity index is 1.71. The number of aryl methyl sites for hydroxylation is 1. The van der Waals surface area contributed by atoms with E-state index in [1.807, 2.05) is 0 Å². The average Bonchev–Trinajstić information content (AvgIpc) is 2.96. The smallest absolute Gasteiger partial charge is 0.271 e. The molecule has 2 N–H and O–H groups in total. The number of non-ortho nitro benzene ring substituents is 1. The van der Waals surface area contributed by atoms with Crippen molar-refractivity contribution < 1.29 is 14.5 Å². The fraction of sp³-hybridized carbons (Fsp3) is 0.231. The average molecular weight is 316 g/mol. The Bertz CT molecular complexity index is 815. The van der Waals surface area contributed by atoms with Crippen molar-refractivity contribution in [3.63, 3.8) is 0 Å². The standard InChI is InChI=1S/C13H12N6O4/c1-7-14-13-16-12(21)10(18(13)17-7)6-11(20)15-8-3-2-4-9(5-8)19(22)23/h2-5,10H,6H2,1H3,(H,15,20)(H,14,16,17,21). The van der Waals surface area contributed by atoms with Gasteiger partial charge in [-0.25, -0.2) is 4.68 Å². The minimum Gasteiger partial charge on any atom is -0.326 e. The van der Waals surface area contributed by atoms with Crippen LogP contribution in [0.4, 0.5) is 17.3 Å². The number of nitro groups is 1. The maximum atomic E-state index is 12.1. The molecule has 1 aromatic carbocycles. The lowest BCUT2D eigenvalue weighted by Crippen LogP contribution is -2.23. The largest absolute Gasteiger partial charge is 0.326 e. The van der Waals surface area contributed by atoms with Gasteiger partial charge in [-0.2, -0.15) is 10.1 Å². The maximum Gasteiger partial charge on any atom is 0.271 e. The molecular weight excluding hydrogens is 304 g/mol. The number of amides is 2. The molecule has 2 heterocycles. The quantitative estimate of drug-likeness (QED) is 0.639. The molecule has 1 aliphatic heterocycles. The van der Waals surface area contributed by atoms with Crippen molar-refractivity contribution in [2.75, 3.05) is 10.6 Å². The number of hydrogen-bond donors (Lipinski definition) is 2. The van der Waals surface area contributed by atoms with E-state index in [1.165, 1.54) is 28.9 Å². The third kappa shape index (κ3) is 2.86. The van der Waals surface area contributed by atoms with Crippen molar-refractivity contribution in [1.29, 1.82) is 0 Å². The van der Waals surface area contributed by atoms with E-state index < -0.39 is 16.9 Å². The molecule has 0 bridgehead atoms. The zero-order valence-corrected chi connectivity index (χ0v) is 12.0. The fourth-order valence-corrected chi connectivity index (χ4v) is 2.30. The van der Waals surface area contributed by atoms with Gasteiger partial charge in [-0.3, -0.25) is 25.0 Å². The third-order valence-electron chi connectivity index (χ3n) is 3.29. The fourth-order valence-electron chi connectivity index (χ4n) is 2.30. The van der Waals surface area contributed by atoms with Gasteiger partial charge in [0.15, 0.2) is 0 Å². The van der Waals surface area contributed by atoms with E-state index in [1.54, 1.807) is 6.92 Å². The number of nitro benzene ring substituents is 1. The van der Waals surface area contributed by atoms with Crippen molar-refractivity contribution in [1.82, 2.24) is 14.8 Å². The number of benzene rings is 1. The second-order valence-electron chi connectivity index (χ2n) is 4.99. The summed E-state index contributed by atoms with van der Waals surface area (Å²) in [5.74, 6) is -0.0226. The van der Waals surface area contributed by atoms with E-state index in [0.29, 0.717) is 11.8 Å². The van der Waals surface area contributed by atoms with Crippen molar-refractivity contribution in [3.8, 4) is 0 Å². The summed E-state index contributed by atoms with van der Waals surface area (Å²) in [6.07, 6.45) is -0.148. The van der Waals surface area contributed by atoms with E-state index in [0.717, 1.165) is 0 Å². The number of fused-ring (bicyclic) bond motifs is 1. The van der Waals surface area contributed by atoms with Crippen LogP contribution < -0.4 is 10.6 Å². The topological polar surface area (TPSA) is 132 Å². The number of carbonyl (C=O) groups excluding carboxylic acids is 2. The molecule has 0 fully saturated rings. The Morgan fingerprint density at radius 3 is 3.04 bits per heavy atom. The number of aromatic nitrogens is 3. The van der Waals surface area contributed by atoms with E-state index in [4.69, 9.17) is 0 Å². The molecule has 1 atom stereocenters. The summed E-state index contributed by atoms with van der Waals surface area (Å²) in [5, 5.41) is 19.9. The Hall–Kier alpha value is -3.30. The van der Waals surface area contributed by atoms with Crippen molar-refractivity contribution >= 4 is 29.1 Å². The highest BCUT2D eigenvalue weighted by Crippen LogP contribution is 2.25. The SMILES string of the molecule is Cc1nc2n(n1)C(CC(=O)Nc1cccc([N+](=O)[O-])c1)C(=O)N2. The number of carbonyl (C=O) groups is 2. The molecule has 0 spiro atoms. The summed E-state index contributed by atoms with van der Waals surface area (Å²) in [5.41, 5.74) is 0.160. The molecule has 1 unspecified atom stereocenters. The highest BCUT2D eigenvalue weighted by atomic mass is 16.6. The third-order valence-corrected chi connectivity index (χ3v) is 3.29. The molecule has 0 aliphatic carbocycles. The van der Waals surface area contributed by atoms with Crippen LogP contribution in [-0.2, 0) is 9.59 Å². The molecule has 118 valence electrons. The first-order valence-electron chi connectivity index (χ1n) is 6.72. The molecular formula is C13H12N6O4. The molecule has 23 heavy (non-hydrogen) atoms. The lowest BCUT2D eigenvalue weighted by Gasteiger charge is -2.09. The van der Waals surface area contributed by atoms with Gasteiger partial charge in [0.2, 0.25) is 11.9 Å². The zero-order chi connectivity index (χ0) is 16.6. The Morgan fingerprint density at radius 2 is 2.30 bits per heavy atom. The van der Waals surface area contributed by atoms with Crippen LogP contribution in [0.1, 0.15) is 18.3 Å². The summed E-state index contributed by atoms with van der Waals surface area (Å²) in [6, 6.07) is 4.78. The van der Waals surface area contributed by atoms with Crippen LogP contribution in [0.15, 0.2) is 24.3 Å². The highest BCUT2D eigenvalue weighted by Gasteiger charge is 2.34. The highest BCUT2D eigenvalue weighted by molar-refractivity contribution is 6.00. The second-order valence-corrected chi connectivity index (χ2v) is 4.99. The number of hydrogen-bond acceptors (Lipinski definition) is 6. The Labute approximate surface area is 129 Å². The second kappa shape index (κ2) is 5.48. The summed E-state index contributed by atoms with van der Waals surface area (Å²) in [6.45, 7) is 1.68. The molecule has 2 aromatic rings. The van der Waals surface area contributed by atoms with Crippen LogP contribution in [-0.4, -0.2) is 31.5 Å². The van der Waals surface area contributed by atoms with Gasteiger partial charge in [-0.15, -0.1) is 0 Å². The van der Waals surface area contributed by atoms with E-state index in [2.05, 4.69) is 20.7 Å². The summed E-state index contributed by atoms with van der Waals surface area (Å²) >= 11 is 0. The number of anilines is 2. The zero-order valence-electron chi connectivity index (χ0n) is 12.0. The predicted molar refractivity (Wildman–Crippen MR) is 78.8 cm³/mol. The van der Waals surface area contributed by atoms with Gasteiger partial charge in [0.05, 0.1) is 11.3 Å². The Kier molecular flexibility index (Phi) is 3.48. The number of rotatable bonds is 4. The first kappa shape index (κ1) is 14.6. The monoisotopic (exact) mass is 316 g/mol. The molecule has 0 saturated heterocycles. The van der Waals surface area contributed by atoms with Gasteiger partial charge in [0.1, 0.15) is 11.9 Å². The van der Waals surface area contributed by atoms with Crippen LogP contribution in [0.3, 0.4) is 0 Å². The van der Waals surface area contributed by atoms with E-state index >= 15 is 0 Å². The van der Waals surface area contributed by atoms with Crippen molar-refractivity contribution in [2.45, 2.75) is 19.4 Å². The lowest BCUT2D eigenvalue weighted by molar-refractivity contribution is -0.384. The Morgan fingerprint density at radius 1 is 1.52 bits per heavy atom. The lowest BCUT2D eigenvalue weighted by atomic mass is 10.2. The molecule has 1 aromatic heterocycles. The molecule has 3 rings (SSSR count). The van der Waals surface area contributed by atoms with Crippen molar-refractivity contribution in [3.05, 3.63) is 40.2 Å². The predicted octanol–water partition coefficient (Wildman–Crippen LogP) is 1.02. The van der Waals surface area contributed by atoms with E-state index in [9.17, 15) is 19.7 Å². The normalized spacial score (nSPS) is 15.9.